The zero-order valence-electron chi connectivity index (χ0n) is 24.5. The molecule has 0 nitrogen and oxygen atoms in total. The van der Waals surface area contributed by atoms with Crippen LogP contribution in [0.15, 0.2) is 115 Å². The first kappa shape index (κ1) is 25.4. The minimum atomic E-state index is -0.687. The Kier molecular flexibility index (Phi) is 5.98. The van der Waals surface area contributed by atoms with Gasteiger partial charge in [-0.05, 0) is 94.0 Å². The van der Waals surface area contributed by atoms with Crippen LogP contribution in [0.25, 0.3) is 44.8 Å². The molecule has 0 N–H and O–H groups in total. The van der Waals surface area contributed by atoms with Crippen LogP contribution in [0, 0.1) is 15.3 Å². The zero-order valence-corrected chi connectivity index (χ0v) is 25.5. The van der Waals surface area contributed by atoms with E-state index in [0.29, 0.717) is 5.92 Å². The fraction of sp³-hybridized carbons (Fsp3) is 0.146. The molecule has 0 amide bonds. The second kappa shape index (κ2) is 9.89. The summed E-state index contributed by atoms with van der Waals surface area (Å²) in [6.45, 7) is 7.23. The Morgan fingerprint density at radius 1 is 0.619 bits per heavy atom. The largest absolute Gasteiger partial charge is 0.0651 e. The van der Waals surface area contributed by atoms with Crippen molar-refractivity contribution < 1.29 is 0 Å². The van der Waals surface area contributed by atoms with E-state index in [1.807, 2.05) is 0 Å². The van der Waals surface area contributed by atoms with Crippen LogP contribution < -0.4 is 5.22 Å². The van der Waals surface area contributed by atoms with Gasteiger partial charge in [-0.1, -0.05) is 141 Å². The van der Waals surface area contributed by atoms with Crippen LogP contribution in [-0.4, -0.2) is 8.41 Å². The summed E-state index contributed by atoms with van der Waals surface area (Å²) in [7, 11) is -0.687. The van der Waals surface area contributed by atoms with Gasteiger partial charge in [0.25, 0.3) is 0 Å². The lowest BCUT2D eigenvalue weighted by molar-refractivity contribution is 0.826. The van der Waals surface area contributed by atoms with Crippen LogP contribution in [0.4, 0.5) is 0 Å². The van der Waals surface area contributed by atoms with E-state index < -0.39 is 8.41 Å². The minimum Gasteiger partial charge on any atom is -0.0651 e. The molecule has 1 heteroatoms. The van der Waals surface area contributed by atoms with Crippen molar-refractivity contribution in [2.24, 2.45) is 0 Å². The molecule has 42 heavy (non-hydrogen) atoms. The van der Waals surface area contributed by atoms with Gasteiger partial charge in [-0.15, -0.1) is 0 Å². The summed E-state index contributed by atoms with van der Waals surface area (Å²) < 4.78 is 0. The smallest absolute Gasteiger partial charge is 0.0316 e. The van der Waals surface area contributed by atoms with Gasteiger partial charge in [-0.2, -0.15) is 0 Å². The summed E-state index contributed by atoms with van der Waals surface area (Å²) in [5.74, 6) is 0.294. The summed E-state index contributed by atoms with van der Waals surface area (Å²) in [5.41, 5.74) is 10.1. The van der Waals surface area contributed by atoms with E-state index in [-0.39, 0.29) is 0 Å². The van der Waals surface area contributed by atoms with Crippen LogP contribution in [0.1, 0.15) is 47.9 Å². The number of hydrogen-bond donors (Lipinski definition) is 0. The Morgan fingerprint density at radius 3 is 2.21 bits per heavy atom. The molecule has 0 saturated heterocycles. The zero-order chi connectivity index (χ0) is 28.4. The molecule has 0 saturated carbocycles. The summed E-state index contributed by atoms with van der Waals surface area (Å²) in [6.07, 6.45) is 7.29. The molecule has 0 aromatic heterocycles. The van der Waals surface area contributed by atoms with Crippen molar-refractivity contribution in [2.45, 2.75) is 38.8 Å². The van der Waals surface area contributed by atoms with Gasteiger partial charge in [-0.25, -0.2) is 0 Å². The third-order valence-corrected chi connectivity index (χ3v) is 10.9. The fourth-order valence-electron chi connectivity index (χ4n) is 7.62. The highest BCUT2D eigenvalue weighted by Gasteiger charge is 2.31. The molecule has 6 aromatic rings. The number of fused-ring (bicyclic) bond motifs is 6. The highest BCUT2D eigenvalue weighted by molar-refractivity contribution is 6.47. The highest BCUT2D eigenvalue weighted by Crippen LogP contribution is 2.49. The molecule has 0 spiro atoms. The van der Waals surface area contributed by atoms with E-state index in [2.05, 4.69) is 141 Å². The Balaban J connectivity index is 1.44. The Hall–Kier alpha value is -4.33. The van der Waals surface area contributed by atoms with Crippen molar-refractivity contribution in [3.63, 3.8) is 0 Å². The third-order valence-electron chi connectivity index (χ3n) is 9.41. The number of rotatable bonds is 4. The summed E-state index contributed by atoms with van der Waals surface area (Å²) in [5, 5.41) is 9.40. The SMILES string of the molecule is CCCC1=Cc2c(-c3cc4ccccc4c4ccccc34)cccc2C1c1c2c(ccc1=[Si](C)C)=c1ccccc1=C2. The minimum absolute atomic E-state index is 0.294. The lowest BCUT2D eigenvalue weighted by Gasteiger charge is -2.22. The van der Waals surface area contributed by atoms with Crippen LogP contribution in [0.2, 0.25) is 13.1 Å². The predicted molar refractivity (Wildman–Crippen MR) is 182 cm³/mol. The highest BCUT2D eigenvalue weighted by atomic mass is 28.2. The molecular weight excluding hydrogens is 521 g/mol. The van der Waals surface area contributed by atoms with Crippen molar-refractivity contribution in [3.05, 3.63) is 157 Å². The quantitative estimate of drug-likeness (QED) is 0.150. The first-order valence-corrected chi connectivity index (χ1v) is 17.8. The van der Waals surface area contributed by atoms with Crippen molar-refractivity contribution in [3.8, 4) is 11.1 Å². The average Bonchev–Trinajstić information content (AvgIpc) is 3.58. The van der Waals surface area contributed by atoms with E-state index in [0.717, 1.165) is 12.8 Å². The predicted octanol–water partition coefficient (Wildman–Crippen LogP) is 10.0. The van der Waals surface area contributed by atoms with Gasteiger partial charge in [0.2, 0.25) is 0 Å². The maximum atomic E-state index is 2.56. The summed E-state index contributed by atoms with van der Waals surface area (Å²) >= 11 is 0. The standard InChI is InChI=1S/C41H34Si/c1-4-12-28-25-37-33(36-23-26-13-5-7-15-29(26)31-17-9-10-18-32(31)36)19-11-20-35(37)40(28)41-38-24-27-14-6-8-16-30(27)34(38)21-22-39(41)42(2)3/h5-11,13-25,40H,4,12H2,1-3H3. The molecule has 2 aliphatic rings. The van der Waals surface area contributed by atoms with E-state index in [4.69, 9.17) is 0 Å². The first-order valence-electron chi connectivity index (χ1n) is 15.3. The van der Waals surface area contributed by atoms with Gasteiger partial charge in [0.1, 0.15) is 0 Å². The molecule has 6 aromatic carbocycles. The van der Waals surface area contributed by atoms with Crippen molar-refractivity contribution in [2.75, 3.05) is 0 Å². The third kappa shape index (κ3) is 3.77. The van der Waals surface area contributed by atoms with E-state index >= 15 is 0 Å². The van der Waals surface area contributed by atoms with Crippen LogP contribution in [-0.2, 0) is 0 Å². The monoisotopic (exact) mass is 554 g/mol. The van der Waals surface area contributed by atoms with Crippen LogP contribution in [0.3, 0.4) is 0 Å². The lowest BCUT2D eigenvalue weighted by Crippen LogP contribution is -2.08. The molecule has 0 fully saturated rings. The fourth-order valence-corrected chi connectivity index (χ4v) is 8.85. The van der Waals surface area contributed by atoms with E-state index in [1.165, 1.54) is 65.0 Å². The normalized spacial score (nSPS) is 14.8. The van der Waals surface area contributed by atoms with Crippen LogP contribution >= 0.6 is 0 Å². The Morgan fingerprint density at radius 2 is 1.38 bits per heavy atom. The number of allylic oxidation sites excluding steroid dienone is 1. The number of benzene rings is 6. The molecule has 202 valence electrons. The lowest BCUT2D eigenvalue weighted by atomic mass is 9.82. The van der Waals surface area contributed by atoms with E-state index in [9.17, 15) is 0 Å². The second-order valence-corrected chi connectivity index (χ2v) is 14.7. The topological polar surface area (TPSA) is 0 Å². The summed E-state index contributed by atoms with van der Waals surface area (Å²) in [6, 6.07) is 41.0. The van der Waals surface area contributed by atoms with Gasteiger partial charge < -0.3 is 0 Å². The Labute approximate surface area is 248 Å². The molecule has 0 radical (unpaired) electrons. The maximum absolute atomic E-state index is 2.56. The van der Waals surface area contributed by atoms with Crippen molar-refractivity contribution >= 4 is 42.1 Å². The maximum Gasteiger partial charge on any atom is 0.0316 e. The number of hydrogen-bond acceptors (Lipinski definition) is 0. The Bertz CT molecular complexity index is 2330. The summed E-state index contributed by atoms with van der Waals surface area (Å²) in [4.78, 5) is 1.57. The molecule has 2 aliphatic carbocycles. The van der Waals surface area contributed by atoms with Gasteiger partial charge in [0.05, 0.1) is 0 Å². The molecule has 1 atom stereocenters. The van der Waals surface area contributed by atoms with Crippen molar-refractivity contribution in [1.82, 2.24) is 0 Å². The van der Waals surface area contributed by atoms with E-state index in [1.54, 1.807) is 16.0 Å². The van der Waals surface area contributed by atoms with Gasteiger partial charge >= 0.3 is 0 Å². The molecule has 1 unspecified atom stereocenters. The van der Waals surface area contributed by atoms with Gasteiger partial charge in [0, 0.05) is 14.3 Å². The van der Waals surface area contributed by atoms with Crippen LogP contribution in [0.5, 0.6) is 0 Å². The molecule has 0 aliphatic heterocycles. The second-order valence-electron chi connectivity index (χ2n) is 12.1. The molecule has 0 heterocycles. The molecule has 0 bridgehead atoms. The molecular formula is C41H34Si. The van der Waals surface area contributed by atoms with Gasteiger partial charge in [0.15, 0.2) is 0 Å². The van der Waals surface area contributed by atoms with Gasteiger partial charge in [-0.3, -0.25) is 0 Å². The molecule has 8 rings (SSSR count). The van der Waals surface area contributed by atoms with Crippen molar-refractivity contribution in [1.29, 1.82) is 0 Å². The first-order chi connectivity index (χ1) is 20.6. The average molecular weight is 555 g/mol.